The molecule has 9 heteroatoms. The highest BCUT2D eigenvalue weighted by Crippen LogP contribution is 2.27. The van der Waals surface area contributed by atoms with Crippen LogP contribution < -0.4 is 9.62 Å². The molecule has 0 spiro atoms. The first-order valence-corrected chi connectivity index (χ1v) is 15.8. The van der Waals surface area contributed by atoms with Crippen LogP contribution in [0.25, 0.3) is 0 Å². The van der Waals surface area contributed by atoms with Crippen molar-refractivity contribution in [1.82, 2.24) is 10.2 Å². The van der Waals surface area contributed by atoms with Gasteiger partial charge in [0, 0.05) is 17.0 Å². The Bertz CT molecular complexity index is 1430. The van der Waals surface area contributed by atoms with Gasteiger partial charge in [0.05, 0.1) is 10.6 Å². The second kappa shape index (κ2) is 12.9. The number of aryl methyl sites for hydroxylation is 2. The monoisotopic (exact) mass is 581 g/mol. The molecule has 7 nitrogen and oxygen atoms in total. The van der Waals surface area contributed by atoms with Crippen molar-refractivity contribution >= 4 is 39.3 Å². The summed E-state index contributed by atoms with van der Waals surface area (Å²) in [5.74, 6) is -0.795. The van der Waals surface area contributed by atoms with E-state index >= 15 is 0 Å². The van der Waals surface area contributed by atoms with Crippen LogP contribution in [-0.4, -0.2) is 49.5 Å². The Balaban J connectivity index is 2.04. The number of amides is 2. The minimum absolute atomic E-state index is 0.0858. The molecule has 214 valence electrons. The molecule has 0 heterocycles. The van der Waals surface area contributed by atoms with Crippen LogP contribution in [0.15, 0.2) is 82.6 Å². The van der Waals surface area contributed by atoms with Crippen LogP contribution in [0.2, 0.25) is 0 Å². The Morgan fingerprint density at radius 3 is 2.08 bits per heavy atom. The van der Waals surface area contributed by atoms with Gasteiger partial charge in [-0.25, -0.2) is 8.42 Å². The number of sulfonamides is 1. The molecule has 3 aromatic rings. The Morgan fingerprint density at radius 2 is 1.52 bits per heavy atom. The molecule has 0 saturated heterocycles. The Hall–Kier alpha value is -3.30. The van der Waals surface area contributed by atoms with Crippen molar-refractivity contribution in [2.75, 3.05) is 17.1 Å². The van der Waals surface area contributed by atoms with Crippen LogP contribution in [0.1, 0.15) is 44.4 Å². The van der Waals surface area contributed by atoms with Crippen LogP contribution in [-0.2, 0) is 26.2 Å². The Labute approximate surface area is 243 Å². The summed E-state index contributed by atoms with van der Waals surface area (Å²) in [7, 11) is -4.10. The molecule has 0 radical (unpaired) electrons. The molecule has 0 aliphatic carbocycles. The lowest BCUT2D eigenvalue weighted by atomic mass is 10.1. The van der Waals surface area contributed by atoms with Gasteiger partial charge in [0.1, 0.15) is 12.6 Å². The molecular formula is C31H39N3O4S2. The zero-order chi connectivity index (χ0) is 29.7. The SMILES string of the molecule is CSc1ccc(S(=O)(=O)N(CC(=O)N(Cc2ccccc2C)C(C)C(=O)NC(C)(C)C)c2ccc(C)cc2)cc1. The Kier molecular flexibility index (Phi) is 10.1. The third-order valence-corrected chi connectivity index (χ3v) is 9.05. The van der Waals surface area contributed by atoms with E-state index in [0.29, 0.717) is 5.69 Å². The van der Waals surface area contributed by atoms with Crippen LogP contribution in [0.5, 0.6) is 0 Å². The average Bonchev–Trinajstić information content (AvgIpc) is 2.90. The molecule has 3 rings (SSSR count). The quantitative estimate of drug-likeness (QED) is 0.317. The smallest absolute Gasteiger partial charge is 0.264 e. The molecule has 0 aromatic heterocycles. The molecular weight excluding hydrogens is 542 g/mol. The van der Waals surface area contributed by atoms with E-state index in [-0.39, 0.29) is 17.3 Å². The molecule has 1 N–H and O–H groups in total. The van der Waals surface area contributed by atoms with Gasteiger partial charge in [-0.05, 0) is 95.3 Å². The van der Waals surface area contributed by atoms with Crippen molar-refractivity contribution in [2.45, 2.75) is 69.5 Å². The minimum atomic E-state index is -4.10. The number of carbonyl (C=O) groups excluding carboxylic acids is 2. The van der Waals surface area contributed by atoms with Gasteiger partial charge in [-0.2, -0.15) is 0 Å². The van der Waals surface area contributed by atoms with E-state index in [2.05, 4.69) is 5.32 Å². The van der Waals surface area contributed by atoms with E-state index in [4.69, 9.17) is 0 Å². The molecule has 1 atom stereocenters. The number of hydrogen-bond acceptors (Lipinski definition) is 5. The molecule has 0 aliphatic rings. The fourth-order valence-corrected chi connectivity index (χ4v) is 5.96. The Morgan fingerprint density at radius 1 is 0.925 bits per heavy atom. The van der Waals surface area contributed by atoms with E-state index in [1.807, 2.05) is 77.3 Å². The number of anilines is 1. The number of rotatable bonds is 10. The maximum absolute atomic E-state index is 14.0. The second-order valence-corrected chi connectivity index (χ2v) is 13.6. The maximum Gasteiger partial charge on any atom is 0.264 e. The highest BCUT2D eigenvalue weighted by molar-refractivity contribution is 7.98. The van der Waals surface area contributed by atoms with Gasteiger partial charge in [-0.1, -0.05) is 42.0 Å². The van der Waals surface area contributed by atoms with E-state index in [0.717, 1.165) is 25.9 Å². The number of nitrogens with zero attached hydrogens (tertiary/aromatic N) is 2. The van der Waals surface area contributed by atoms with Crippen molar-refractivity contribution in [1.29, 1.82) is 0 Å². The van der Waals surface area contributed by atoms with Gasteiger partial charge in [0.15, 0.2) is 0 Å². The molecule has 0 bridgehead atoms. The first kappa shape index (κ1) is 31.2. The van der Waals surface area contributed by atoms with E-state index in [9.17, 15) is 18.0 Å². The lowest BCUT2D eigenvalue weighted by Gasteiger charge is -2.33. The highest BCUT2D eigenvalue weighted by atomic mass is 32.2. The van der Waals surface area contributed by atoms with Crippen LogP contribution in [0.4, 0.5) is 5.69 Å². The summed E-state index contributed by atoms with van der Waals surface area (Å²) in [6.07, 6.45) is 1.92. The fraction of sp³-hybridized carbons (Fsp3) is 0.355. The number of thioether (sulfide) groups is 1. The third kappa shape index (κ3) is 7.88. The summed E-state index contributed by atoms with van der Waals surface area (Å²) in [5, 5.41) is 2.95. The van der Waals surface area contributed by atoms with Crippen molar-refractivity contribution in [2.24, 2.45) is 0 Å². The lowest BCUT2D eigenvalue weighted by molar-refractivity contribution is -0.140. The number of benzene rings is 3. The predicted octanol–water partition coefficient (Wildman–Crippen LogP) is 5.55. The number of carbonyl (C=O) groups is 2. The maximum atomic E-state index is 14.0. The largest absolute Gasteiger partial charge is 0.350 e. The van der Waals surface area contributed by atoms with Gasteiger partial charge in [-0.15, -0.1) is 11.8 Å². The third-order valence-electron chi connectivity index (χ3n) is 6.52. The molecule has 0 fully saturated rings. The van der Waals surface area contributed by atoms with E-state index in [1.54, 1.807) is 43.3 Å². The molecule has 1 unspecified atom stereocenters. The topological polar surface area (TPSA) is 86.8 Å². The van der Waals surface area contributed by atoms with Gasteiger partial charge in [0.2, 0.25) is 11.8 Å². The van der Waals surface area contributed by atoms with E-state index < -0.39 is 34.1 Å². The summed E-state index contributed by atoms with van der Waals surface area (Å²) < 4.78 is 29.0. The average molecular weight is 582 g/mol. The summed E-state index contributed by atoms with van der Waals surface area (Å²) in [4.78, 5) is 29.7. The number of nitrogens with one attached hydrogen (secondary N) is 1. The summed E-state index contributed by atoms with van der Waals surface area (Å²) in [6, 6.07) is 20.4. The molecule has 0 saturated carbocycles. The number of hydrogen-bond donors (Lipinski definition) is 1. The zero-order valence-corrected chi connectivity index (χ0v) is 25.9. The van der Waals surface area contributed by atoms with Crippen LogP contribution >= 0.6 is 11.8 Å². The van der Waals surface area contributed by atoms with Gasteiger partial charge >= 0.3 is 0 Å². The highest BCUT2D eigenvalue weighted by Gasteiger charge is 2.33. The van der Waals surface area contributed by atoms with Crippen molar-refractivity contribution in [3.8, 4) is 0 Å². The molecule has 3 aromatic carbocycles. The van der Waals surface area contributed by atoms with E-state index in [1.165, 1.54) is 16.7 Å². The first-order chi connectivity index (χ1) is 18.7. The molecule has 2 amide bonds. The molecule has 40 heavy (non-hydrogen) atoms. The fourth-order valence-electron chi connectivity index (χ4n) is 4.14. The van der Waals surface area contributed by atoms with Gasteiger partial charge in [-0.3, -0.25) is 13.9 Å². The first-order valence-electron chi connectivity index (χ1n) is 13.1. The predicted molar refractivity (Wildman–Crippen MR) is 163 cm³/mol. The van der Waals surface area contributed by atoms with Crippen molar-refractivity contribution < 1.29 is 18.0 Å². The minimum Gasteiger partial charge on any atom is -0.350 e. The standard InChI is InChI=1S/C31H39N3O4S2/c1-22-12-14-26(15-13-22)34(40(37,38)28-18-16-27(39-7)17-19-28)21-29(35)33(20-25-11-9-8-10-23(25)2)24(3)30(36)32-31(4,5)6/h8-19,24H,20-21H2,1-7H3,(H,32,36). The second-order valence-electron chi connectivity index (χ2n) is 10.9. The normalized spacial score (nSPS) is 12.5. The van der Waals surface area contributed by atoms with Gasteiger partial charge < -0.3 is 10.2 Å². The lowest BCUT2D eigenvalue weighted by Crippen LogP contribution is -2.54. The zero-order valence-electron chi connectivity index (χ0n) is 24.3. The van der Waals surface area contributed by atoms with Gasteiger partial charge in [0.25, 0.3) is 10.0 Å². The van der Waals surface area contributed by atoms with Crippen LogP contribution in [0.3, 0.4) is 0 Å². The molecule has 0 aliphatic heterocycles. The summed E-state index contributed by atoms with van der Waals surface area (Å²) in [5.41, 5.74) is 2.69. The summed E-state index contributed by atoms with van der Waals surface area (Å²) >= 11 is 1.51. The van der Waals surface area contributed by atoms with Crippen molar-refractivity contribution in [3.63, 3.8) is 0 Å². The summed E-state index contributed by atoms with van der Waals surface area (Å²) in [6.45, 7) is 10.8. The van der Waals surface area contributed by atoms with Crippen LogP contribution in [0, 0.1) is 13.8 Å². The van der Waals surface area contributed by atoms with Crippen molar-refractivity contribution in [3.05, 3.63) is 89.5 Å².